The van der Waals surface area contributed by atoms with Crippen LogP contribution < -0.4 is 0 Å². The van der Waals surface area contributed by atoms with Crippen molar-refractivity contribution in [3.05, 3.63) is 34.9 Å². The fourth-order valence-electron chi connectivity index (χ4n) is 3.49. The number of hydrogen-bond donors (Lipinski definition) is 1. The molecule has 0 aliphatic carbocycles. The summed E-state index contributed by atoms with van der Waals surface area (Å²) >= 11 is 0. The summed E-state index contributed by atoms with van der Waals surface area (Å²) in [6.45, 7) is 5.92. The summed E-state index contributed by atoms with van der Waals surface area (Å²) < 4.78 is 0. The van der Waals surface area contributed by atoms with Crippen LogP contribution >= 0.6 is 0 Å². The lowest BCUT2D eigenvalue weighted by Crippen LogP contribution is -2.06. The van der Waals surface area contributed by atoms with Gasteiger partial charge in [-0.25, -0.2) is 4.79 Å². The number of carbonyl (C=O) groups excluding carboxylic acids is 1. The Morgan fingerprint density at radius 1 is 0.808 bits per heavy atom. The second kappa shape index (κ2) is 12.7. The van der Waals surface area contributed by atoms with Crippen molar-refractivity contribution in [2.75, 3.05) is 0 Å². The van der Waals surface area contributed by atoms with Gasteiger partial charge in [-0.2, -0.15) is 0 Å². The fraction of sp³-hybridized carbons (Fsp3) is 0.652. The first-order valence-corrected chi connectivity index (χ1v) is 10.4. The molecule has 0 aliphatic rings. The van der Waals surface area contributed by atoms with E-state index >= 15 is 0 Å². The molecule has 1 atom stereocenters. The highest BCUT2D eigenvalue weighted by Crippen LogP contribution is 2.30. The molecule has 26 heavy (non-hydrogen) atoms. The van der Waals surface area contributed by atoms with Crippen molar-refractivity contribution in [1.82, 2.24) is 0 Å². The first-order chi connectivity index (χ1) is 12.5. The van der Waals surface area contributed by atoms with Gasteiger partial charge in [0, 0.05) is 5.56 Å². The third-order valence-electron chi connectivity index (χ3n) is 5.14. The van der Waals surface area contributed by atoms with E-state index in [-0.39, 0.29) is 11.3 Å². The molecule has 1 unspecified atom stereocenters. The van der Waals surface area contributed by atoms with Crippen LogP contribution in [0.25, 0.3) is 0 Å². The Hall–Kier alpha value is -1.64. The molecule has 0 fully saturated rings. The van der Waals surface area contributed by atoms with Crippen LogP contribution in [0.2, 0.25) is 0 Å². The van der Waals surface area contributed by atoms with Crippen LogP contribution in [0.4, 0.5) is 0 Å². The molecule has 1 rings (SSSR count). The zero-order valence-corrected chi connectivity index (χ0v) is 16.9. The summed E-state index contributed by atoms with van der Waals surface area (Å²) in [4.78, 5) is 23.2. The monoisotopic (exact) mass is 360 g/mol. The number of Topliss-reactive ketones (excluding diaryl/α,β-unsaturated/α-hetero) is 1. The van der Waals surface area contributed by atoms with Gasteiger partial charge in [0.2, 0.25) is 0 Å². The molecular weight excluding hydrogens is 324 g/mol. The maximum atomic E-state index is 11.8. The molecule has 146 valence electrons. The first-order valence-electron chi connectivity index (χ1n) is 10.4. The van der Waals surface area contributed by atoms with Crippen LogP contribution in [0.1, 0.15) is 124 Å². The predicted molar refractivity (Wildman–Crippen MR) is 108 cm³/mol. The van der Waals surface area contributed by atoms with Gasteiger partial charge in [-0.15, -0.1) is 0 Å². The van der Waals surface area contributed by atoms with Crippen LogP contribution in [0.3, 0.4) is 0 Å². The van der Waals surface area contributed by atoms with Gasteiger partial charge in [0.25, 0.3) is 0 Å². The Morgan fingerprint density at radius 2 is 1.35 bits per heavy atom. The maximum Gasteiger partial charge on any atom is 0.335 e. The van der Waals surface area contributed by atoms with Gasteiger partial charge in [0.1, 0.15) is 0 Å². The minimum absolute atomic E-state index is 0.0699. The number of carboxylic acids is 1. The Bertz CT molecular complexity index is 530. The second-order valence-corrected chi connectivity index (χ2v) is 7.45. The quantitative estimate of drug-likeness (QED) is 0.287. The number of benzene rings is 1. The molecule has 0 spiro atoms. The van der Waals surface area contributed by atoms with Crippen LogP contribution in [-0.2, 0) is 0 Å². The molecule has 1 N–H and O–H groups in total. The van der Waals surface area contributed by atoms with E-state index in [1.807, 2.05) is 6.07 Å². The number of hydrogen-bond acceptors (Lipinski definition) is 2. The molecule has 0 aliphatic heterocycles. The lowest BCUT2D eigenvalue weighted by Gasteiger charge is -2.19. The molecule has 1 aromatic rings. The van der Waals surface area contributed by atoms with Gasteiger partial charge in [-0.05, 0) is 49.4 Å². The van der Waals surface area contributed by atoms with E-state index in [1.165, 1.54) is 57.9 Å². The zero-order valence-electron chi connectivity index (χ0n) is 16.9. The van der Waals surface area contributed by atoms with Gasteiger partial charge in [-0.1, -0.05) is 71.6 Å². The maximum absolute atomic E-state index is 11.8. The fourth-order valence-corrected chi connectivity index (χ4v) is 3.49. The summed E-state index contributed by atoms with van der Waals surface area (Å²) in [6, 6.07) is 5.19. The molecule has 0 bridgehead atoms. The van der Waals surface area contributed by atoms with E-state index in [4.69, 9.17) is 0 Å². The standard InChI is InChI=1S/C23H36O3/c1-4-6-8-9-10-11-12-14-19(13-7-5-2)21-15-20(18(3)24)16-22(17-21)23(25)26/h15-17,19H,4-14H2,1-3H3,(H,25,26). The van der Waals surface area contributed by atoms with Crippen molar-refractivity contribution in [3.63, 3.8) is 0 Å². The van der Waals surface area contributed by atoms with Crippen molar-refractivity contribution in [2.45, 2.75) is 97.3 Å². The topological polar surface area (TPSA) is 54.4 Å². The summed E-state index contributed by atoms with van der Waals surface area (Å²) in [5.74, 6) is -0.679. The predicted octanol–water partition coefficient (Wildman–Crippen LogP) is 7.00. The molecule has 0 saturated heterocycles. The second-order valence-electron chi connectivity index (χ2n) is 7.45. The molecule has 0 radical (unpaired) electrons. The molecule has 1 aromatic carbocycles. The van der Waals surface area contributed by atoms with E-state index in [2.05, 4.69) is 13.8 Å². The van der Waals surface area contributed by atoms with Gasteiger partial charge < -0.3 is 5.11 Å². The van der Waals surface area contributed by atoms with Crippen molar-refractivity contribution in [2.24, 2.45) is 0 Å². The number of carbonyl (C=O) groups is 2. The number of aromatic carboxylic acids is 1. The Morgan fingerprint density at radius 3 is 1.92 bits per heavy atom. The summed E-state index contributed by atoms with van der Waals surface area (Å²) in [6.07, 6.45) is 13.4. The molecule has 0 heterocycles. The van der Waals surface area contributed by atoms with E-state index < -0.39 is 5.97 Å². The van der Waals surface area contributed by atoms with Crippen LogP contribution in [0, 0.1) is 0 Å². The summed E-state index contributed by atoms with van der Waals surface area (Å²) in [7, 11) is 0. The Balaban J connectivity index is 2.77. The van der Waals surface area contributed by atoms with Gasteiger partial charge in [0.05, 0.1) is 5.56 Å². The van der Waals surface area contributed by atoms with Crippen molar-refractivity contribution in [3.8, 4) is 0 Å². The third-order valence-corrected chi connectivity index (χ3v) is 5.14. The normalized spacial score (nSPS) is 12.1. The molecular formula is C23H36O3. The Labute approximate surface area is 159 Å². The van der Waals surface area contributed by atoms with Crippen LogP contribution in [0.5, 0.6) is 0 Å². The lowest BCUT2D eigenvalue weighted by atomic mass is 9.86. The summed E-state index contributed by atoms with van der Waals surface area (Å²) in [5.41, 5.74) is 1.77. The molecule has 0 amide bonds. The van der Waals surface area contributed by atoms with Gasteiger partial charge in [0.15, 0.2) is 5.78 Å². The summed E-state index contributed by atoms with van der Waals surface area (Å²) in [5, 5.41) is 9.38. The lowest BCUT2D eigenvalue weighted by molar-refractivity contribution is 0.0696. The molecule has 3 nitrogen and oxygen atoms in total. The first kappa shape index (κ1) is 22.4. The molecule has 3 heteroatoms. The van der Waals surface area contributed by atoms with Crippen molar-refractivity contribution < 1.29 is 14.7 Å². The number of unbranched alkanes of at least 4 members (excludes halogenated alkanes) is 7. The van der Waals surface area contributed by atoms with Crippen LogP contribution in [-0.4, -0.2) is 16.9 Å². The molecule has 0 saturated carbocycles. The highest BCUT2D eigenvalue weighted by Gasteiger charge is 2.16. The Kier molecular flexibility index (Phi) is 10.9. The van der Waals surface area contributed by atoms with E-state index in [9.17, 15) is 14.7 Å². The van der Waals surface area contributed by atoms with Crippen molar-refractivity contribution in [1.29, 1.82) is 0 Å². The van der Waals surface area contributed by atoms with Gasteiger partial charge >= 0.3 is 5.97 Å². The van der Waals surface area contributed by atoms with E-state index in [0.29, 0.717) is 11.5 Å². The number of carboxylic acid groups (broad SMARTS) is 1. The zero-order chi connectivity index (χ0) is 19.4. The third kappa shape index (κ3) is 8.16. The number of ketones is 1. The van der Waals surface area contributed by atoms with Crippen LogP contribution in [0.15, 0.2) is 18.2 Å². The molecule has 0 aromatic heterocycles. The largest absolute Gasteiger partial charge is 0.478 e. The highest BCUT2D eigenvalue weighted by molar-refractivity contribution is 5.97. The van der Waals surface area contributed by atoms with E-state index in [1.54, 1.807) is 6.07 Å². The highest BCUT2D eigenvalue weighted by atomic mass is 16.4. The average molecular weight is 361 g/mol. The van der Waals surface area contributed by atoms with Gasteiger partial charge in [-0.3, -0.25) is 4.79 Å². The average Bonchev–Trinajstić information content (AvgIpc) is 2.62. The SMILES string of the molecule is CCCCCCCCCC(CCCC)c1cc(C(C)=O)cc(C(=O)O)c1. The minimum atomic E-state index is -0.959. The smallest absolute Gasteiger partial charge is 0.335 e. The minimum Gasteiger partial charge on any atom is -0.478 e. The van der Waals surface area contributed by atoms with E-state index in [0.717, 1.165) is 31.2 Å². The number of rotatable bonds is 14. The van der Waals surface area contributed by atoms with Crippen molar-refractivity contribution >= 4 is 11.8 Å².